The number of carbonyl (C=O) groups excluding carboxylic acids is 1. The highest BCUT2D eigenvalue weighted by molar-refractivity contribution is 7.14. The molecule has 0 saturated carbocycles. The largest absolute Gasteiger partial charge is 0.398 e. The number of nitrogens with zero attached hydrogens (tertiary/aromatic N) is 1. The summed E-state index contributed by atoms with van der Waals surface area (Å²) in [5.74, 6) is -0.00595. The maximum absolute atomic E-state index is 11.8. The van der Waals surface area contributed by atoms with Crippen molar-refractivity contribution in [2.24, 2.45) is 0 Å². The van der Waals surface area contributed by atoms with E-state index in [2.05, 4.69) is 15.5 Å². The first kappa shape index (κ1) is 11.3. The number of nitrogens with two attached hydrogens (primary N) is 1. The standard InChI is InChI=1S/C10H10N4O2S/c1-5-6(11)4-7(17-5)10(16)12-8-2-3-9(15)14-13-8/h2-4H,11H2,1H3,(H,14,15)(H,12,13,16). The van der Waals surface area contributed by atoms with Crippen LogP contribution in [0.5, 0.6) is 0 Å². The van der Waals surface area contributed by atoms with Gasteiger partial charge < -0.3 is 11.1 Å². The van der Waals surface area contributed by atoms with Gasteiger partial charge in [0.1, 0.15) is 0 Å². The zero-order valence-corrected chi connectivity index (χ0v) is 9.80. The molecule has 0 spiro atoms. The summed E-state index contributed by atoms with van der Waals surface area (Å²) in [5.41, 5.74) is 5.93. The van der Waals surface area contributed by atoms with Crippen molar-refractivity contribution in [1.82, 2.24) is 10.2 Å². The summed E-state index contributed by atoms with van der Waals surface area (Å²) in [6.07, 6.45) is 0. The van der Waals surface area contributed by atoms with Gasteiger partial charge in [-0.3, -0.25) is 9.59 Å². The first-order valence-electron chi connectivity index (χ1n) is 4.79. The van der Waals surface area contributed by atoms with Gasteiger partial charge in [-0.15, -0.1) is 11.3 Å². The Morgan fingerprint density at radius 1 is 1.53 bits per heavy atom. The number of amides is 1. The third kappa shape index (κ3) is 2.51. The fourth-order valence-electron chi connectivity index (χ4n) is 1.20. The number of nitrogens with one attached hydrogen (secondary N) is 2. The van der Waals surface area contributed by atoms with Crippen molar-refractivity contribution in [2.75, 3.05) is 11.1 Å². The molecule has 2 heterocycles. The van der Waals surface area contributed by atoms with E-state index in [1.165, 1.54) is 23.5 Å². The van der Waals surface area contributed by atoms with Crippen molar-refractivity contribution in [3.8, 4) is 0 Å². The third-order valence-corrected chi connectivity index (χ3v) is 3.17. The average Bonchev–Trinajstić information content (AvgIpc) is 2.63. The minimum Gasteiger partial charge on any atom is -0.398 e. The molecule has 0 bridgehead atoms. The van der Waals surface area contributed by atoms with E-state index in [0.29, 0.717) is 16.4 Å². The van der Waals surface area contributed by atoms with Gasteiger partial charge in [0.15, 0.2) is 5.82 Å². The molecule has 0 fully saturated rings. The minimum atomic E-state index is -0.320. The molecule has 0 unspecified atom stereocenters. The van der Waals surface area contributed by atoms with Gasteiger partial charge in [-0.2, -0.15) is 5.10 Å². The van der Waals surface area contributed by atoms with Gasteiger partial charge in [0.05, 0.1) is 4.88 Å². The van der Waals surface area contributed by atoms with Crippen LogP contribution in [-0.4, -0.2) is 16.1 Å². The van der Waals surface area contributed by atoms with Crippen LogP contribution < -0.4 is 16.6 Å². The van der Waals surface area contributed by atoms with Gasteiger partial charge in [0.25, 0.3) is 11.5 Å². The normalized spacial score (nSPS) is 10.2. The highest BCUT2D eigenvalue weighted by Gasteiger charge is 2.11. The lowest BCUT2D eigenvalue weighted by molar-refractivity contribution is 0.103. The first-order chi connectivity index (χ1) is 8.06. The summed E-state index contributed by atoms with van der Waals surface area (Å²) >= 11 is 1.31. The maximum atomic E-state index is 11.8. The molecule has 0 atom stereocenters. The zero-order chi connectivity index (χ0) is 12.4. The summed E-state index contributed by atoms with van der Waals surface area (Å²) in [7, 11) is 0. The Morgan fingerprint density at radius 3 is 2.82 bits per heavy atom. The predicted molar refractivity (Wildman–Crippen MR) is 66.3 cm³/mol. The molecule has 4 N–H and O–H groups in total. The van der Waals surface area contributed by atoms with Crippen LogP contribution in [0.1, 0.15) is 14.5 Å². The Hall–Kier alpha value is -2.15. The molecule has 88 valence electrons. The number of aromatic nitrogens is 2. The van der Waals surface area contributed by atoms with Gasteiger partial charge in [-0.05, 0) is 19.1 Å². The van der Waals surface area contributed by atoms with Crippen LogP contribution in [-0.2, 0) is 0 Å². The smallest absolute Gasteiger partial charge is 0.267 e. The Morgan fingerprint density at radius 2 is 2.29 bits per heavy atom. The molecule has 0 aromatic carbocycles. The van der Waals surface area contributed by atoms with Crippen molar-refractivity contribution < 1.29 is 4.79 Å². The monoisotopic (exact) mass is 250 g/mol. The van der Waals surface area contributed by atoms with Crippen molar-refractivity contribution in [3.05, 3.63) is 38.3 Å². The quantitative estimate of drug-likeness (QED) is 0.739. The highest BCUT2D eigenvalue weighted by Crippen LogP contribution is 2.23. The van der Waals surface area contributed by atoms with Crippen LogP contribution in [0.4, 0.5) is 11.5 Å². The van der Waals surface area contributed by atoms with Crippen molar-refractivity contribution >= 4 is 28.7 Å². The van der Waals surface area contributed by atoms with E-state index >= 15 is 0 Å². The molecular weight excluding hydrogens is 240 g/mol. The number of rotatable bonds is 2. The third-order valence-electron chi connectivity index (χ3n) is 2.10. The number of thiophene rings is 1. The van der Waals surface area contributed by atoms with Gasteiger partial charge >= 0.3 is 0 Å². The Balaban J connectivity index is 2.16. The van der Waals surface area contributed by atoms with E-state index < -0.39 is 0 Å². The second kappa shape index (κ2) is 4.38. The zero-order valence-electron chi connectivity index (χ0n) is 8.98. The summed E-state index contributed by atoms with van der Waals surface area (Å²) in [5, 5.41) is 8.47. The molecule has 2 aromatic heterocycles. The molecule has 6 nitrogen and oxygen atoms in total. The van der Waals surface area contributed by atoms with E-state index in [1.54, 1.807) is 6.07 Å². The molecule has 2 aromatic rings. The second-order valence-electron chi connectivity index (χ2n) is 3.38. The number of nitrogen functional groups attached to an aromatic ring is 1. The van der Waals surface area contributed by atoms with Crippen LogP contribution in [0, 0.1) is 6.92 Å². The average molecular weight is 250 g/mol. The first-order valence-corrected chi connectivity index (χ1v) is 5.61. The molecule has 0 aliphatic heterocycles. The maximum Gasteiger partial charge on any atom is 0.267 e. The van der Waals surface area contributed by atoms with Gasteiger partial charge in [-0.1, -0.05) is 0 Å². The van der Waals surface area contributed by atoms with Crippen molar-refractivity contribution in [2.45, 2.75) is 6.92 Å². The van der Waals surface area contributed by atoms with Gasteiger partial charge in [0, 0.05) is 16.6 Å². The Kier molecular flexibility index (Phi) is 2.92. The lowest BCUT2D eigenvalue weighted by Gasteiger charge is -2.00. The van der Waals surface area contributed by atoms with E-state index in [0.717, 1.165) is 4.88 Å². The molecule has 0 aliphatic carbocycles. The fraction of sp³-hybridized carbons (Fsp3) is 0.100. The van der Waals surface area contributed by atoms with Crippen molar-refractivity contribution in [3.63, 3.8) is 0 Å². The molecule has 17 heavy (non-hydrogen) atoms. The molecule has 2 rings (SSSR count). The predicted octanol–water partition coefficient (Wildman–Crippen LogP) is 0.974. The molecule has 0 radical (unpaired) electrons. The fourth-order valence-corrected chi connectivity index (χ4v) is 2.04. The molecule has 0 aliphatic rings. The van der Waals surface area contributed by atoms with Gasteiger partial charge in [0.2, 0.25) is 0 Å². The lowest BCUT2D eigenvalue weighted by atomic mass is 10.3. The van der Waals surface area contributed by atoms with Gasteiger partial charge in [-0.25, -0.2) is 5.10 Å². The van der Waals surface area contributed by atoms with Crippen molar-refractivity contribution in [1.29, 1.82) is 0 Å². The van der Waals surface area contributed by atoms with Crippen LogP contribution in [0.3, 0.4) is 0 Å². The summed E-state index contributed by atoms with van der Waals surface area (Å²) < 4.78 is 0. The summed E-state index contributed by atoms with van der Waals surface area (Å²) in [4.78, 5) is 24.0. The second-order valence-corrected chi connectivity index (χ2v) is 4.64. The SMILES string of the molecule is Cc1sc(C(=O)Nc2ccc(=O)[nH]n2)cc1N. The summed E-state index contributed by atoms with van der Waals surface area (Å²) in [6, 6.07) is 4.33. The number of anilines is 2. The minimum absolute atomic E-state index is 0.291. The topological polar surface area (TPSA) is 101 Å². The Bertz CT molecular complexity index is 577. The van der Waals surface area contributed by atoms with Crippen LogP contribution in [0.15, 0.2) is 23.0 Å². The molecular formula is C10H10N4O2S. The van der Waals surface area contributed by atoms with E-state index in [1.807, 2.05) is 6.92 Å². The highest BCUT2D eigenvalue weighted by atomic mass is 32.1. The number of hydrogen-bond acceptors (Lipinski definition) is 5. The molecule has 0 saturated heterocycles. The van der Waals surface area contributed by atoms with Crippen LogP contribution in [0.2, 0.25) is 0 Å². The van der Waals surface area contributed by atoms with Crippen LogP contribution >= 0.6 is 11.3 Å². The van der Waals surface area contributed by atoms with Crippen LogP contribution in [0.25, 0.3) is 0 Å². The lowest BCUT2D eigenvalue weighted by Crippen LogP contribution is -2.14. The number of hydrogen-bond donors (Lipinski definition) is 3. The molecule has 1 amide bonds. The van der Waals surface area contributed by atoms with E-state index in [-0.39, 0.29) is 11.5 Å². The number of carbonyl (C=O) groups is 1. The van der Waals surface area contributed by atoms with E-state index in [9.17, 15) is 9.59 Å². The number of aromatic amines is 1. The summed E-state index contributed by atoms with van der Waals surface area (Å²) in [6.45, 7) is 1.84. The Labute approximate surface area is 100 Å². The van der Waals surface area contributed by atoms with E-state index in [4.69, 9.17) is 5.73 Å². The number of aryl methyl sites for hydroxylation is 1. The number of H-pyrrole nitrogens is 1. The molecule has 7 heteroatoms.